The van der Waals surface area contributed by atoms with Crippen molar-refractivity contribution >= 4 is 0 Å². The molecule has 0 aliphatic carbocycles. The molecule has 0 aliphatic heterocycles. The number of pyridine rings is 2. The van der Waals surface area contributed by atoms with Gasteiger partial charge in [-0.3, -0.25) is 9.97 Å². The van der Waals surface area contributed by atoms with Gasteiger partial charge in [0.1, 0.15) is 0 Å². The fourth-order valence-corrected chi connectivity index (χ4v) is 4.06. The van der Waals surface area contributed by atoms with Crippen LogP contribution >= 0.6 is 0 Å². The first-order valence-corrected chi connectivity index (χ1v) is 11.4. The molecule has 6 nitrogen and oxygen atoms in total. The molecule has 4 aromatic rings. The zero-order valence-corrected chi connectivity index (χ0v) is 25.3. The van der Waals surface area contributed by atoms with E-state index in [0.29, 0.717) is 46.9 Å². The molecule has 0 spiro atoms. The summed E-state index contributed by atoms with van der Waals surface area (Å²) < 4.78 is 10.7. The third kappa shape index (κ3) is 7.94. The topological polar surface area (TPSA) is 84.7 Å². The Kier molecular flexibility index (Phi) is 15.5. The van der Waals surface area contributed by atoms with Gasteiger partial charge in [-0.2, -0.15) is 0 Å². The standard InChI is InChI=1S/C30H28N2O4.3ClH.Mn/c1-5-7-19-13-23(29(33)27(15-19)35-3)21-9-11-25(31-17-21)26-12-10-22(18-32-26)24-14-20(8-6-2)16-28(36-4)30(24)34;;;;/h5-6,9-18,33-34H,1-2,7-8H2,3-4H3;3*1H;/q;;;;+3/p-3. The maximum absolute atomic E-state index is 10.6. The molecule has 2 N–H and O–H groups in total. The van der Waals surface area contributed by atoms with Crippen LogP contribution in [0.1, 0.15) is 11.1 Å². The second-order valence-electron chi connectivity index (χ2n) is 8.24. The molecule has 4 rings (SSSR count). The van der Waals surface area contributed by atoms with Crippen LogP contribution in [0.25, 0.3) is 33.6 Å². The SMILES string of the molecule is C=CCc1cc(OC)c(O)c(-c2ccc(-c3ccc(-c4cc(CC=C)cc(OC)c4O)cn3)nc2)c1.[Cl-].[Cl-].[Cl-].[Mn+3]. The first-order chi connectivity index (χ1) is 17.5. The van der Waals surface area contributed by atoms with Crippen LogP contribution in [0.5, 0.6) is 23.0 Å². The van der Waals surface area contributed by atoms with Crippen LogP contribution in [0.2, 0.25) is 0 Å². The van der Waals surface area contributed by atoms with E-state index in [0.717, 1.165) is 22.3 Å². The van der Waals surface area contributed by atoms with Crippen molar-refractivity contribution in [1.29, 1.82) is 0 Å². The smallest absolute Gasteiger partial charge is 1.00 e. The Morgan fingerprint density at radius 3 is 1.32 bits per heavy atom. The monoisotopic (exact) mass is 640 g/mol. The van der Waals surface area contributed by atoms with Gasteiger partial charge in [-0.1, -0.05) is 24.3 Å². The largest absolute Gasteiger partial charge is 3.00 e. The Balaban J connectivity index is 0.00000380. The number of ether oxygens (including phenoxy) is 2. The van der Waals surface area contributed by atoms with Gasteiger partial charge in [0.15, 0.2) is 23.0 Å². The average molecular weight is 642 g/mol. The van der Waals surface area contributed by atoms with E-state index in [2.05, 4.69) is 23.1 Å². The first kappa shape index (κ1) is 36.8. The molecule has 0 fully saturated rings. The molecular weight excluding hydrogens is 614 g/mol. The summed E-state index contributed by atoms with van der Waals surface area (Å²) in [5, 5.41) is 21.3. The number of benzene rings is 2. The predicted octanol–water partition coefficient (Wildman–Crippen LogP) is -2.63. The Hall–Kier alpha value is -3.19. The van der Waals surface area contributed by atoms with Crippen molar-refractivity contribution in [2.24, 2.45) is 0 Å². The van der Waals surface area contributed by atoms with Crippen molar-refractivity contribution in [2.45, 2.75) is 12.8 Å². The molecular formula is C30H28Cl3MnN2O4. The number of phenols is 2. The molecule has 0 bridgehead atoms. The van der Waals surface area contributed by atoms with Crippen LogP contribution in [0, 0.1) is 0 Å². The van der Waals surface area contributed by atoms with Gasteiger partial charge in [0.2, 0.25) is 0 Å². The van der Waals surface area contributed by atoms with Crippen molar-refractivity contribution in [3.63, 3.8) is 0 Å². The number of nitrogens with zero attached hydrogens (tertiary/aromatic N) is 2. The van der Waals surface area contributed by atoms with Crippen LogP contribution < -0.4 is 46.7 Å². The molecule has 0 saturated heterocycles. The summed E-state index contributed by atoms with van der Waals surface area (Å²) in [5.74, 6) is 0.943. The second kappa shape index (κ2) is 16.8. The summed E-state index contributed by atoms with van der Waals surface area (Å²) in [5.41, 5.74) is 6.11. The molecule has 10 heteroatoms. The van der Waals surface area contributed by atoms with Crippen LogP contribution in [-0.4, -0.2) is 34.4 Å². The van der Waals surface area contributed by atoms with E-state index in [1.165, 1.54) is 14.2 Å². The second-order valence-corrected chi connectivity index (χ2v) is 8.24. The molecule has 0 aliphatic rings. The van der Waals surface area contributed by atoms with Gasteiger partial charge < -0.3 is 56.9 Å². The van der Waals surface area contributed by atoms with E-state index in [4.69, 9.17) is 9.47 Å². The molecule has 2 aromatic heterocycles. The van der Waals surface area contributed by atoms with Gasteiger partial charge in [0.25, 0.3) is 0 Å². The van der Waals surface area contributed by atoms with Crippen molar-refractivity contribution in [3.05, 3.63) is 97.4 Å². The third-order valence-corrected chi connectivity index (χ3v) is 5.88. The molecule has 210 valence electrons. The minimum atomic E-state index is 0. The maximum Gasteiger partial charge on any atom is 3.00 e. The predicted molar refractivity (Wildman–Crippen MR) is 143 cm³/mol. The molecule has 0 atom stereocenters. The van der Waals surface area contributed by atoms with Gasteiger partial charge in [-0.15, -0.1) is 13.2 Å². The number of rotatable bonds is 9. The maximum atomic E-state index is 10.6. The van der Waals surface area contributed by atoms with Gasteiger partial charge >= 0.3 is 17.1 Å². The Morgan fingerprint density at radius 1 is 0.675 bits per heavy atom. The molecule has 0 saturated carbocycles. The summed E-state index contributed by atoms with van der Waals surface area (Å²) >= 11 is 0. The van der Waals surface area contributed by atoms with Gasteiger partial charge in [0.05, 0.1) is 25.6 Å². The summed E-state index contributed by atoms with van der Waals surface area (Å²) in [4.78, 5) is 9.14. The minimum absolute atomic E-state index is 0. The van der Waals surface area contributed by atoms with Crippen molar-refractivity contribution < 1.29 is 74.0 Å². The summed E-state index contributed by atoms with van der Waals surface area (Å²) in [6.45, 7) is 7.57. The molecule has 2 aromatic carbocycles. The molecule has 2 heterocycles. The van der Waals surface area contributed by atoms with Gasteiger partial charge in [-0.05, 0) is 60.4 Å². The number of hydrogen-bond acceptors (Lipinski definition) is 6. The van der Waals surface area contributed by atoms with E-state index >= 15 is 0 Å². The van der Waals surface area contributed by atoms with Gasteiger partial charge in [0, 0.05) is 34.6 Å². The Morgan fingerprint density at radius 2 is 1.05 bits per heavy atom. The van der Waals surface area contributed by atoms with Crippen LogP contribution in [-0.2, 0) is 29.9 Å². The molecule has 0 amide bonds. The van der Waals surface area contributed by atoms with Crippen LogP contribution in [0.4, 0.5) is 0 Å². The van der Waals surface area contributed by atoms with Gasteiger partial charge in [-0.25, -0.2) is 0 Å². The average Bonchev–Trinajstić information content (AvgIpc) is 2.91. The number of methoxy groups -OCH3 is 2. The Labute approximate surface area is 263 Å². The molecule has 40 heavy (non-hydrogen) atoms. The number of halogens is 3. The zero-order chi connectivity index (χ0) is 25.7. The molecule has 0 radical (unpaired) electrons. The fourth-order valence-electron chi connectivity index (χ4n) is 4.06. The first-order valence-electron chi connectivity index (χ1n) is 11.4. The van der Waals surface area contributed by atoms with Crippen molar-refractivity contribution in [3.8, 4) is 56.6 Å². The number of hydrogen-bond donors (Lipinski definition) is 2. The van der Waals surface area contributed by atoms with E-state index in [9.17, 15) is 10.2 Å². The third-order valence-electron chi connectivity index (χ3n) is 5.88. The summed E-state index contributed by atoms with van der Waals surface area (Å²) in [6.07, 6.45) is 8.32. The number of allylic oxidation sites excluding steroid dienone is 2. The Bertz CT molecular complexity index is 1310. The summed E-state index contributed by atoms with van der Waals surface area (Å²) in [6, 6.07) is 14.9. The zero-order valence-electron chi connectivity index (χ0n) is 21.9. The normalized spacial score (nSPS) is 9.55. The van der Waals surface area contributed by atoms with Crippen LogP contribution in [0.15, 0.2) is 86.2 Å². The fraction of sp³-hybridized carbons (Fsp3) is 0.133. The van der Waals surface area contributed by atoms with E-state index in [-0.39, 0.29) is 65.8 Å². The number of aromatic nitrogens is 2. The quantitative estimate of drug-likeness (QED) is 0.154. The van der Waals surface area contributed by atoms with Crippen molar-refractivity contribution in [1.82, 2.24) is 9.97 Å². The number of aromatic hydroxyl groups is 2. The number of phenolic OH excluding ortho intramolecular Hbond substituents is 2. The van der Waals surface area contributed by atoms with E-state index in [1.807, 2.05) is 36.4 Å². The molecule has 0 unspecified atom stereocenters. The summed E-state index contributed by atoms with van der Waals surface area (Å²) in [7, 11) is 3.05. The van der Waals surface area contributed by atoms with E-state index in [1.54, 1.807) is 36.7 Å². The van der Waals surface area contributed by atoms with E-state index < -0.39 is 0 Å². The van der Waals surface area contributed by atoms with Crippen molar-refractivity contribution in [2.75, 3.05) is 14.2 Å². The van der Waals surface area contributed by atoms with Crippen LogP contribution in [0.3, 0.4) is 0 Å². The minimum Gasteiger partial charge on any atom is -1.00 e.